The van der Waals surface area contributed by atoms with Crippen LogP contribution in [-0.2, 0) is 29.1 Å². The lowest BCUT2D eigenvalue weighted by Gasteiger charge is -2.09. The summed E-state index contributed by atoms with van der Waals surface area (Å²) >= 11 is 1.56. The Morgan fingerprint density at radius 1 is 1.24 bits per heavy atom. The zero-order valence-electron chi connectivity index (χ0n) is 14.2. The van der Waals surface area contributed by atoms with E-state index in [9.17, 15) is 4.79 Å². The van der Waals surface area contributed by atoms with Crippen molar-refractivity contribution in [3.05, 3.63) is 64.4 Å². The summed E-state index contributed by atoms with van der Waals surface area (Å²) in [4.78, 5) is 17.7. The van der Waals surface area contributed by atoms with Gasteiger partial charge in [0.25, 0.3) is 0 Å². The van der Waals surface area contributed by atoms with Crippen LogP contribution in [0.4, 0.5) is 0 Å². The molecule has 3 aromatic rings. The molecule has 0 atom stereocenters. The lowest BCUT2D eigenvalue weighted by atomic mass is 10.1. The van der Waals surface area contributed by atoms with Crippen LogP contribution >= 0.6 is 11.3 Å². The van der Waals surface area contributed by atoms with Crippen LogP contribution in [0.15, 0.2) is 46.2 Å². The zero-order chi connectivity index (χ0) is 17.6. The van der Waals surface area contributed by atoms with Crippen molar-refractivity contribution in [2.24, 2.45) is 0 Å². The molecule has 130 valence electrons. The van der Waals surface area contributed by atoms with Crippen LogP contribution in [0.3, 0.4) is 0 Å². The molecular weight excluding hydrogens is 336 g/mol. The summed E-state index contributed by atoms with van der Waals surface area (Å²) < 4.78 is 10.9. The number of thiophene rings is 1. The van der Waals surface area contributed by atoms with Crippen molar-refractivity contribution in [1.82, 2.24) is 10.3 Å². The Labute approximate surface area is 150 Å². The summed E-state index contributed by atoms with van der Waals surface area (Å²) in [7, 11) is 1.66. The Balaban J connectivity index is 1.62. The van der Waals surface area contributed by atoms with Crippen molar-refractivity contribution in [2.75, 3.05) is 7.11 Å². The van der Waals surface area contributed by atoms with Crippen molar-refractivity contribution in [1.29, 1.82) is 0 Å². The van der Waals surface area contributed by atoms with E-state index >= 15 is 0 Å². The Bertz CT molecular complexity index is 840. The second-order valence-corrected chi connectivity index (χ2v) is 6.60. The van der Waals surface area contributed by atoms with Crippen LogP contribution in [-0.4, -0.2) is 18.0 Å². The average Bonchev–Trinajstić information content (AvgIpc) is 3.25. The molecule has 0 spiro atoms. The lowest BCUT2D eigenvalue weighted by molar-refractivity contribution is -0.120. The molecule has 1 N–H and O–H groups in total. The molecule has 2 heterocycles. The molecular formula is C19H20N2O3S. The number of carbonyl (C=O) groups excluding carboxylic acids is 1. The molecule has 2 aromatic heterocycles. The summed E-state index contributed by atoms with van der Waals surface area (Å²) in [6, 6.07) is 11.8. The summed E-state index contributed by atoms with van der Waals surface area (Å²) in [5.74, 6) is 1.17. The second kappa shape index (κ2) is 8.09. The first-order valence-electron chi connectivity index (χ1n) is 8.00. The topological polar surface area (TPSA) is 64.4 Å². The van der Waals surface area contributed by atoms with Gasteiger partial charge in [-0.1, -0.05) is 30.3 Å². The number of nitrogens with one attached hydrogen (secondary N) is 1. The monoisotopic (exact) mass is 356 g/mol. The van der Waals surface area contributed by atoms with E-state index in [0.29, 0.717) is 30.5 Å². The van der Waals surface area contributed by atoms with E-state index in [2.05, 4.69) is 10.3 Å². The smallest absolute Gasteiger partial charge is 0.236 e. The molecule has 0 radical (unpaired) electrons. The first-order chi connectivity index (χ1) is 12.2. The molecule has 0 saturated heterocycles. The number of hydrogen-bond donors (Lipinski definition) is 1. The minimum absolute atomic E-state index is 0.0821. The summed E-state index contributed by atoms with van der Waals surface area (Å²) in [6.45, 7) is 2.83. The maximum atomic E-state index is 12.3. The standard InChI is InChI=1S/C19H20N2O3S/c1-13-16(21-19(24-13)17-8-5-9-25-17)10-18(22)20-11-14-6-3-4-7-15(14)12-23-2/h3-9H,10-12H2,1-2H3,(H,20,22). The largest absolute Gasteiger partial charge is 0.440 e. The van der Waals surface area contributed by atoms with E-state index in [1.165, 1.54) is 0 Å². The minimum Gasteiger partial charge on any atom is -0.440 e. The fraction of sp³-hybridized carbons (Fsp3) is 0.263. The second-order valence-electron chi connectivity index (χ2n) is 5.65. The number of oxazole rings is 1. The van der Waals surface area contributed by atoms with Gasteiger partial charge in [0.05, 0.1) is 23.6 Å². The van der Waals surface area contributed by atoms with Gasteiger partial charge >= 0.3 is 0 Å². The van der Waals surface area contributed by atoms with Crippen LogP contribution < -0.4 is 5.32 Å². The summed E-state index contributed by atoms with van der Waals surface area (Å²) in [5.41, 5.74) is 2.79. The van der Waals surface area contributed by atoms with Crippen LogP contribution in [0.25, 0.3) is 10.8 Å². The van der Waals surface area contributed by atoms with Gasteiger partial charge in [-0.05, 0) is 29.5 Å². The highest BCUT2D eigenvalue weighted by atomic mass is 32.1. The van der Waals surface area contributed by atoms with Gasteiger partial charge in [-0.2, -0.15) is 0 Å². The highest BCUT2D eigenvalue weighted by molar-refractivity contribution is 7.13. The normalized spacial score (nSPS) is 10.8. The third kappa shape index (κ3) is 4.35. The van der Waals surface area contributed by atoms with Gasteiger partial charge in [-0.15, -0.1) is 11.3 Å². The highest BCUT2D eigenvalue weighted by Gasteiger charge is 2.15. The molecule has 1 amide bonds. The molecule has 0 aliphatic rings. The molecule has 0 aliphatic heterocycles. The van der Waals surface area contributed by atoms with Gasteiger partial charge in [0.1, 0.15) is 5.76 Å². The predicted octanol–water partition coefficient (Wildman–Crippen LogP) is 3.72. The maximum absolute atomic E-state index is 12.3. The summed E-state index contributed by atoms with van der Waals surface area (Å²) in [5, 5.41) is 4.91. The number of nitrogens with zero attached hydrogens (tertiary/aromatic N) is 1. The molecule has 25 heavy (non-hydrogen) atoms. The van der Waals surface area contributed by atoms with Gasteiger partial charge in [0, 0.05) is 13.7 Å². The van der Waals surface area contributed by atoms with Crippen LogP contribution in [0.2, 0.25) is 0 Å². The molecule has 1 aromatic carbocycles. The van der Waals surface area contributed by atoms with Crippen molar-refractivity contribution in [2.45, 2.75) is 26.5 Å². The first kappa shape index (κ1) is 17.4. The third-order valence-electron chi connectivity index (χ3n) is 3.85. The fourth-order valence-corrected chi connectivity index (χ4v) is 3.18. The minimum atomic E-state index is -0.0821. The Morgan fingerprint density at radius 3 is 2.76 bits per heavy atom. The molecule has 6 heteroatoms. The highest BCUT2D eigenvalue weighted by Crippen LogP contribution is 2.26. The number of rotatable bonds is 7. The maximum Gasteiger partial charge on any atom is 0.236 e. The predicted molar refractivity (Wildman–Crippen MR) is 97.3 cm³/mol. The van der Waals surface area contributed by atoms with E-state index in [-0.39, 0.29) is 12.3 Å². The van der Waals surface area contributed by atoms with Gasteiger partial charge in [0.2, 0.25) is 11.8 Å². The average molecular weight is 356 g/mol. The van der Waals surface area contributed by atoms with Gasteiger partial charge in [-0.3, -0.25) is 4.79 Å². The summed E-state index contributed by atoms with van der Waals surface area (Å²) in [6.07, 6.45) is 0.202. The number of amides is 1. The van der Waals surface area contributed by atoms with E-state index in [0.717, 1.165) is 16.0 Å². The van der Waals surface area contributed by atoms with Gasteiger partial charge in [0.15, 0.2) is 0 Å². The quantitative estimate of drug-likeness (QED) is 0.701. The number of carbonyl (C=O) groups is 1. The molecule has 0 bridgehead atoms. The first-order valence-corrected chi connectivity index (χ1v) is 8.88. The number of aryl methyl sites for hydroxylation is 1. The zero-order valence-corrected chi connectivity index (χ0v) is 15.1. The molecule has 5 nitrogen and oxygen atoms in total. The molecule has 0 fully saturated rings. The molecule has 3 rings (SSSR count). The van der Waals surface area contributed by atoms with E-state index in [1.807, 2.05) is 48.7 Å². The Kier molecular flexibility index (Phi) is 5.63. The van der Waals surface area contributed by atoms with Gasteiger partial charge in [-0.25, -0.2) is 4.98 Å². The Morgan fingerprint density at radius 2 is 2.04 bits per heavy atom. The van der Waals surface area contributed by atoms with Crippen LogP contribution in [0, 0.1) is 6.92 Å². The van der Waals surface area contributed by atoms with E-state index < -0.39 is 0 Å². The Hall–Kier alpha value is -2.44. The number of aromatic nitrogens is 1. The van der Waals surface area contributed by atoms with Crippen molar-refractivity contribution in [3.63, 3.8) is 0 Å². The number of methoxy groups -OCH3 is 1. The lowest BCUT2D eigenvalue weighted by Crippen LogP contribution is -2.25. The van der Waals surface area contributed by atoms with Crippen molar-refractivity contribution < 1.29 is 13.9 Å². The van der Waals surface area contributed by atoms with Gasteiger partial charge < -0.3 is 14.5 Å². The van der Waals surface area contributed by atoms with Crippen LogP contribution in [0.5, 0.6) is 0 Å². The van der Waals surface area contributed by atoms with E-state index in [4.69, 9.17) is 9.15 Å². The number of hydrogen-bond acceptors (Lipinski definition) is 5. The van der Waals surface area contributed by atoms with Crippen molar-refractivity contribution >= 4 is 17.2 Å². The van der Waals surface area contributed by atoms with E-state index in [1.54, 1.807) is 18.4 Å². The van der Waals surface area contributed by atoms with Crippen molar-refractivity contribution in [3.8, 4) is 10.8 Å². The third-order valence-corrected chi connectivity index (χ3v) is 4.70. The van der Waals surface area contributed by atoms with Crippen LogP contribution in [0.1, 0.15) is 22.6 Å². The molecule has 0 saturated carbocycles. The number of benzene rings is 1. The molecule has 0 aliphatic carbocycles. The molecule has 0 unspecified atom stereocenters. The number of ether oxygens (including phenoxy) is 1. The fourth-order valence-electron chi connectivity index (χ4n) is 2.53. The SMILES string of the molecule is COCc1ccccc1CNC(=O)Cc1nc(-c2cccs2)oc1C.